The molecular weight excluding hydrogens is 438 g/mol. The van der Waals surface area contributed by atoms with Crippen LogP contribution in [0.5, 0.6) is 0 Å². The lowest BCUT2D eigenvalue weighted by Gasteiger charge is -2.42. The molecule has 172 valence electrons. The maximum atomic E-state index is 15.4. The van der Waals surface area contributed by atoms with E-state index < -0.39 is 40.8 Å². The molecule has 3 atom stereocenters. The van der Waals surface area contributed by atoms with Crippen molar-refractivity contribution in [2.24, 2.45) is 0 Å². The van der Waals surface area contributed by atoms with E-state index in [-0.39, 0.29) is 29.0 Å². The van der Waals surface area contributed by atoms with Crippen LogP contribution < -0.4 is 5.32 Å². The second kappa shape index (κ2) is 8.52. The molecule has 2 aromatic carbocycles. The van der Waals surface area contributed by atoms with Crippen molar-refractivity contribution in [2.45, 2.75) is 49.8 Å². The third-order valence-electron chi connectivity index (χ3n) is 6.27. The molecule has 2 N–H and O–H groups in total. The number of amides is 1. The van der Waals surface area contributed by atoms with Crippen LogP contribution >= 0.6 is 0 Å². The Kier molecular flexibility index (Phi) is 5.89. The van der Waals surface area contributed by atoms with E-state index in [0.29, 0.717) is 25.7 Å². The van der Waals surface area contributed by atoms with Crippen molar-refractivity contribution in [3.63, 3.8) is 0 Å². The Morgan fingerprint density at radius 1 is 1.12 bits per heavy atom. The van der Waals surface area contributed by atoms with Crippen LogP contribution in [0.15, 0.2) is 48.7 Å². The number of benzene rings is 2. The smallest absolute Gasteiger partial charge is 0.314 e. The number of nitrogens with zero attached hydrogens (tertiary/aromatic N) is 2. The summed E-state index contributed by atoms with van der Waals surface area (Å²) in [5, 5.41) is 12.3. The fraction of sp³-hybridized carbons (Fsp3) is 0.333. The summed E-state index contributed by atoms with van der Waals surface area (Å²) in [5.74, 6) is -6.54. The maximum absolute atomic E-state index is 15.4. The second-order valence-corrected chi connectivity index (χ2v) is 8.37. The lowest BCUT2D eigenvalue weighted by Crippen LogP contribution is -2.47. The van der Waals surface area contributed by atoms with E-state index in [2.05, 4.69) is 16.7 Å². The van der Waals surface area contributed by atoms with E-state index in [1.807, 2.05) is 0 Å². The molecule has 5 nitrogen and oxygen atoms in total. The van der Waals surface area contributed by atoms with Crippen LogP contribution in [0.25, 0.3) is 4.85 Å². The van der Waals surface area contributed by atoms with Crippen molar-refractivity contribution < 1.29 is 27.5 Å². The molecule has 2 aliphatic rings. The van der Waals surface area contributed by atoms with Gasteiger partial charge in [-0.3, -0.25) is 4.79 Å². The first kappa shape index (κ1) is 22.8. The van der Waals surface area contributed by atoms with Gasteiger partial charge in [-0.1, -0.05) is 6.58 Å². The van der Waals surface area contributed by atoms with Gasteiger partial charge in [-0.05, 0) is 62.1 Å². The number of fused-ring (bicyclic) bond motifs is 2. The summed E-state index contributed by atoms with van der Waals surface area (Å²) in [7, 11) is 0. The van der Waals surface area contributed by atoms with Crippen molar-refractivity contribution in [1.82, 2.24) is 4.90 Å². The molecular formula is C24H21F4N3O2. The van der Waals surface area contributed by atoms with E-state index in [0.717, 1.165) is 30.3 Å². The van der Waals surface area contributed by atoms with Gasteiger partial charge in [-0.2, -0.15) is 8.78 Å². The summed E-state index contributed by atoms with van der Waals surface area (Å²) in [6.45, 7) is 10.5. The maximum Gasteiger partial charge on any atom is 0.314 e. The Morgan fingerprint density at radius 3 is 2.39 bits per heavy atom. The number of carbonyl (C=O) groups is 1. The van der Waals surface area contributed by atoms with Gasteiger partial charge in [-0.25, -0.2) is 13.6 Å². The molecule has 4 rings (SSSR count). The minimum Gasteiger partial charge on any atom is -0.393 e. The monoisotopic (exact) mass is 459 g/mol. The molecule has 0 spiro atoms. The Morgan fingerprint density at radius 2 is 1.76 bits per heavy atom. The molecule has 33 heavy (non-hydrogen) atoms. The van der Waals surface area contributed by atoms with Crippen LogP contribution in [0, 0.1) is 18.2 Å². The van der Waals surface area contributed by atoms with Crippen LogP contribution in [-0.4, -0.2) is 34.1 Å². The van der Waals surface area contributed by atoms with Crippen LogP contribution in [0.1, 0.15) is 41.6 Å². The highest BCUT2D eigenvalue weighted by molar-refractivity contribution is 6.04. The fourth-order valence-corrected chi connectivity index (χ4v) is 4.69. The average Bonchev–Trinajstić information content (AvgIpc) is 3.05. The van der Waals surface area contributed by atoms with Crippen molar-refractivity contribution in [1.29, 1.82) is 0 Å². The number of halogens is 4. The van der Waals surface area contributed by atoms with Gasteiger partial charge in [0.15, 0.2) is 0 Å². The minimum absolute atomic E-state index is 0.0953. The Labute approximate surface area is 188 Å². The standard InChI is InChI=1S/C24H21F4N3O2/c1-13(31-16-5-6-17(31)12-18(32)11-16)24(27,28)19-9-14(3-7-20(19)25)23(33)30-15-4-8-21(26)22(10-15)29-2/h3-4,7-10,16-18,32H,1,5-6,11-12H2,(H,30,33)/t16-,17+,18?. The van der Waals surface area contributed by atoms with Gasteiger partial charge in [0, 0.05) is 23.3 Å². The molecule has 2 saturated heterocycles. The highest BCUT2D eigenvalue weighted by Gasteiger charge is 2.49. The molecule has 0 aromatic heterocycles. The normalized spacial score (nSPS) is 22.1. The number of aliphatic hydroxyl groups excluding tert-OH is 1. The van der Waals surface area contributed by atoms with Crippen LogP contribution in [0.2, 0.25) is 0 Å². The summed E-state index contributed by atoms with van der Waals surface area (Å²) in [5.41, 5.74) is -1.98. The van der Waals surface area contributed by atoms with E-state index in [4.69, 9.17) is 6.57 Å². The van der Waals surface area contributed by atoms with Crippen molar-refractivity contribution in [2.75, 3.05) is 5.32 Å². The first-order valence-electron chi connectivity index (χ1n) is 10.4. The highest BCUT2D eigenvalue weighted by atomic mass is 19.3. The van der Waals surface area contributed by atoms with Gasteiger partial charge >= 0.3 is 5.92 Å². The van der Waals surface area contributed by atoms with Crippen molar-refractivity contribution >= 4 is 17.3 Å². The number of carbonyl (C=O) groups excluding carboxylic acids is 1. The van der Waals surface area contributed by atoms with Crippen molar-refractivity contribution in [3.8, 4) is 0 Å². The van der Waals surface area contributed by atoms with Crippen LogP contribution in [-0.2, 0) is 5.92 Å². The quantitative estimate of drug-likeness (QED) is 0.468. The third-order valence-corrected chi connectivity index (χ3v) is 6.27. The number of allylic oxidation sites excluding steroid dienone is 1. The van der Waals surface area contributed by atoms with Gasteiger partial charge in [0.2, 0.25) is 5.69 Å². The van der Waals surface area contributed by atoms with Gasteiger partial charge < -0.3 is 15.3 Å². The van der Waals surface area contributed by atoms with Crippen LogP contribution in [0.4, 0.5) is 28.9 Å². The molecule has 0 radical (unpaired) electrons. The number of aliphatic hydroxyl groups is 1. The number of nitrogens with one attached hydrogen (secondary N) is 1. The SMILES string of the molecule is [C-]#[N+]c1cc(NC(=O)c2ccc(F)c(C(F)(F)C(=C)N3[C@@H]4CC[C@H]3CC(O)C4)c2)ccc1F. The molecule has 1 unspecified atom stereocenters. The molecule has 2 aliphatic heterocycles. The largest absolute Gasteiger partial charge is 0.393 e. The summed E-state index contributed by atoms with van der Waals surface area (Å²) >= 11 is 0. The molecule has 1 amide bonds. The lowest BCUT2D eigenvalue weighted by molar-refractivity contribution is -0.0280. The predicted molar refractivity (Wildman–Crippen MR) is 114 cm³/mol. The number of piperidine rings is 1. The van der Waals surface area contributed by atoms with Gasteiger partial charge in [0.1, 0.15) is 11.6 Å². The Balaban J connectivity index is 1.59. The van der Waals surface area contributed by atoms with Crippen molar-refractivity contribution in [3.05, 3.63) is 82.9 Å². The molecule has 9 heteroatoms. The molecule has 2 aromatic rings. The van der Waals surface area contributed by atoms with E-state index in [9.17, 15) is 18.7 Å². The average molecular weight is 459 g/mol. The van der Waals surface area contributed by atoms with E-state index >= 15 is 8.78 Å². The molecule has 2 fully saturated rings. The van der Waals surface area contributed by atoms with Gasteiger partial charge in [0.05, 0.1) is 23.9 Å². The number of hydrogen-bond acceptors (Lipinski definition) is 3. The number of rotatable bonds is 5. The van der Waals surface area contributed by atoms with Gasteiger partial charge in [-0.15, -0.1) is 0 Å². The zero-order valence-electron chi connectivity index (χ0n) is 17.5. The number of hydrogen-bond donors (Lipinski definition) is 2. The van der Waals surface area contributed by atoms with E-state index in [1.54, 1.807) is 0 Å². The van der Waals surface area contributed by atoms with Crippen LogP contribution in [0.3, 0.4) is 0 Å². The number of anilines is 1. The molecule has 2 heterocycles. The topological polar surface area (TPSA) is 56.9 Å². The summed E-state index contributed by atoms with van der Waals surface area (Å²) in [4.78, 5) is 17.1. The second-order valence-electron chi connectivity index (χ2n) is 8.37. The predicted octanol–water partition coefficient (Wildman–Crippen LogP) is 5.36. The molecule has 2 bridgehead atoms. The Bertz CT molecular complexity index is 1150. The summed E-state index contributed by atoms with van der Waals surface area (Å²) in [6, 6.07) is 5.38. The summed E-state index contributed by atoms with van der Waals surface area (Å²) in [6.07, 6.45) is 1.43. The Hall–Kier alpha value is -3.38. The summed E-state index contributed by atoms with van der Waals surface area (Å²) < 4.78 is 58.9. The van der Waals surface area contributed by atoms with E-state index in [1.165, 1.54) is 11.0 Å². The highest BCUT2D eigenvalue weighted by Crippen LogP contribution is 2.46. The fourth-order valence-electron chi connectivity index (χ4n) is 4.69. The molecule has 0 saturated carbocycles. The lowest BCUT2D eigenvalue weighted by atomic mass is 9.95. The first-order valence-corrected chi connectivity index (χ1v) is 10.4. The minimum atomic E-state index is -3.78. The third kappa shape index (κ3) is 4.18. The zero-order chi connectivity index (χ0) is 23.9. The molecule has 0 aliphatic carbocycles. The number of alkyl halides is 2. The zero-order valence-corrected chi connectivity index (χ0v) is 17.5. The van der Waals surface area contributed by atoms with Gasteiger partial charge in [0.25, 0.3) is 5.91 Å². The first-order chi connectivity index (χ1) is 15.6.